The number of likely N-dealkylation sites (tertiary alicyclic amines) is 1. The van der Waals surface area contributed by atoms with Crippen LogP contribution in [0.25, 0.3) is 0 Å². The maximum atomic E-state index is 12.0. The Morgan fingerprint density at radius 3 is 2.75 bits per heavy atom. The first-order valence-corrected chi connectivity index (χ1v) is 9.79. The van der Waals surface area contributed by atoms with Crippen LogP contribution in [0, 0.1) is 0 Å². The van der Waals surface area contributed by atoms with Crippen molar-refractivity contribution in [2.45, 2.75) is 38.4 Å². The third kappa shape index (κ3) is 4.98. The third-order valence-corrected chi connectivity index (χ3v) is 5.62. The van der Waals surface area contributed by atoms with Gasteiger partial charge in [0.1, 0.15) is 0 Å². The standard InChI is InChI=1S/C18H25N3O2S/c22-17(10-16-13-24-9-7-19-16)20-11-14-3-5-15(6-4-14)12-21-8-1-2-18(21)23/h3-6,16,19H,1-2,7-13H2,(H,20,22). The molecule has 2 fully saturated rings. The Kier molecular flexibility index (Phi) is 6.15. The molecule has 0 aliphatic carbocycles. The maximum Gasteiger partial charge on any atom is 0.222 e. The zero-order chi connectivity index (χ0) is 16.8. The number of carbonyl (C=O) groups excluding carboxylic acids is 2. The maximum absolute atomic E-state index is 12.0. The summed E-state index contributed by atoms with van der Waals surface area (Å²) in [6, 6.07) is 8.46. The molecule has 0 radical (unpaired) electrons. The zero-order valence-corrected chi connectivity index (χ0v) is 14.7. The van der Waals surface area contributed by atoms with Crippen molar-refractivity contribution < 1.29 is 9.59 Å². The van der Waals surface area contributed by atoms with Crippen LogP contribution in [0.15, 0.2) is 24.3 Å². The Morgan fingerprint density at radius 2 is 2.08 bits per heavy atom. The molecule has 2 aliphatic heterocycles. The number of hydrogen-bond acceptors (Lipinski definition) is 4. The second kappa shape index (κ2) is 8.53. The molecule has 6 heteroatoms. The van der Waals surface area contributed by atoms with Crippen molar-refractivity contribution >= 4 is 23.6 Å². The fourth-order valence-corrected chi connectivity index (χ4v) is 4.05. The smallest absolute Gasteiger partial charge is 0.222 e. The molecule has 130 valence electrons. The molecule has 3 rings (SSSR count). The molecule has 24 heavy (non-hydrogen) atoms. The highest BCUT2D eigenvalue weighted by molar-refractivity contribution is 7.99. The van der Waals surface area contributed by atoms with Gasteiger partial charge < -0.3 is 15.5 Å². The molecule has 2 N–H and O–H groups in total. The molecular weight excluding hydrogens is 322 g/mol. The molecule has 0 saturated carbocycles. The normalized spacial score (nSPS) is 21.1. The van der Waals surface area contributed by atoms with Crippen molar-refractivity contribution in [2.24, 2.45) is 0 Å². The summed E-state index contributed by atoms with van der Waals surface area (Å²) in [4.78, 5) is 25.6. The van der Waals surface area contributed by atoms with E-state index < -0.39 is 0 Å². The van der Waals surface area contributed by atoms with Gasteiger partial charge in [-0.2, -0.15) is 11.8 Å². The molecule has 1 atom stereocenters. The van der Waals surface area contributed by atoms with Crippen LogP contribution in [0.4, 0.5) is 0 Å². The van der Waals surface area contributed by atoms with Crippen molar-refractivity contribution in [3.05, 3.63) is 35.4 Å². The summed E-state index contributed by atoms with van der Waals surface area (Å²) in [7, 11) is 0. The lowest BCUT2D eigenvalue weighted by Gasteiger charge is -2.22. The minimum absolute atomic E-state index is 0.0988. The van der Waals surface area contributed by atoms with Gasteiger partial charge in [-0.3, -0.25) is 9.59 Å². The second-order valence-corrected chi connectivity index (χ2v) is 7.59. The van der Waals surface area contributed by atoms with Crippen molar-refractivity contribution in [3.63, 3.8) is 0 Å². The van der Waals surface area contributed by atoms with Gasteiger partial charge in [-0.05, 0) is 17.5 Å². The number of carbonyl (C=O) groups is 2. The number of hydrogen-bond donors (Lipinski definition) is 2. The van der Waals surface area contributed by atoms with Gasteiger partial charge in [0.15, 0.2) is 0 Å². The summed E-state index contributed by atoms with van der Waals surface area (Å²) in [5.74, 6) is 2.49. The van der Waals surface area contributed by atoms with Crippen LogP contribution in [0.2, 0.25) is 0 Å². The Morgan fingerprint density at radius 1 is 1.29 bits per heavy atom. The molecule has 2 saturated heterocycles. The summed E-state index contributed by atoms with van der Waals surface area (Å²) >= 11 is 1.90. The molecule has 0 bridgehead atoms. The fraction of sp³-hybridized carbons (Fsp3) is 0.556. The number of benzene rings is 1. The molecule has 2 aliphatic rings. The largest absolute Gasteiger partial charge is 0.352 e. The minimum atomic E-state index is 0.0988. The van der Waals surface area contributed by atoms with Gasteiger partial charge >= 0.3 is 0 Å². The number of nitrogens with zero attached hydrogens (tertiary/aromatic N) is 1. The van der Waals surface area contributed by atoms with E-state index in [1.165, 1.54) is 0 Å². The number of nitrogens with one attached hydrogen (secondary N) is 2. The topological polar surface area (TPSA) is 61.4 Å². The summed E-state index contributed by atoms with van der Waals surface area (Å²) in [6.45, 7) is 3.10. The fourth-order valence-electron chi connectivity index (χ4n) is 3.10. The van der Waals surface area contributed by atoms with Crippen molar-refractivity contribution in [3.8, 4) is 0 Å². The Bertz CT molecular complexity index is 570. The van der Waals surface area contributed by atoms with E-state index in [9.17, 15) is 9.59 Å². The van der Waals surface area contributed by atoms with E-state index in [0.717, 1.165) is 42.1 Å². The quantitative estimate of drug-likeness (QED) is 0.819. The van der Waals surface area contributed by atoms with Crippen LogP contribution in [-0.2, 0) is 22.7 Å². The van der Waals surface area contributed by atoms with Gasteiger partial charge in [0.2, 0.25) is 11.8 Å². The highest BCUT2D eigenvalue weighted by atomic mass is 32.2. The van der Waals surface area contributed by atoms with Gasteiger partial charge in [-0.15, -0.1) is 0 Å². The van der Waals surface area contributed by atoms with Crippen LogP contribution < -0.4 is 10.6 Å². The van der Waals surface area contributed by atoms with E-state index in [1.807, 2.05) is 40.9 Å². The highest BCUT2D eigenvalue weighted by Gasteiger charge is 2.20. The minimum Gasteiger partial charge on any atom is -0.352 e. The molecular formula is C18H25N3O2S. The van der Waals surface area contributed by atoms with Gasteiger partial charge in [0.05, 0.1) is 0 Å². The van der Waals surface area contributed by atoms with Crippen LogP contribution >= 0.6 is 11.8 Å². The Labute approximate surface area is 147 Å². The summed E-state index contributed by atoms with van der Waals surface area (Å²) < 4.78 is 0. The number of amides is 2. The van der Waals surface area contributed by atoms with Gasteiger partial charge in [0, 0.05) is 56.6 Å². The average Bonchev–Trinajstić information content (AvgIpc) is 3.00. The summed E-state index contributed by atoms with van der Waals surface area (Å²) in [6.07, 6.45) is 2.19. The van der Waals surface area contributed by atoms with Crippen LogP contribution in [0.3, 0.4) is 0 Å². The predicted octanol–water partition coefficient (Wildman–Crippen LogP) is 1.52. The Hall–Kier alpha value is -1.53. The van der Waals surface area contributed by atoms with Crippen LogP contribution in [0.5, 0.6) is 0 Å². The molecule has 5 nitrogen and oxygen atoms in total. The van der Waals surface area contributed by atoms with Gasteiger partial charge in [-0.1, -0.05) is 24.3 Å². The molecule has 2 heterocycles. The molecule has 0 aromatic heterocycles. The first-order chi connectivity index (χ1) is 11.7. The summed E-state index contributed by atoms with van der Waals surface area (Å²) in [5, 5.41) is 6.37. The third-order valence-electron chi connectivity index (χ3n) is 4.49. The van der Waals surface area contributed by atoms with E-state index in [-0.39, 0.29) is 11.8 Å². The highest BCUT2D eigenvalue weighted by Crippen LogP contribution is 2.15. The Balaban J connectivity index is 1.42. The molecule has 2 amide bonds. The summed E-state index contributed by atoms with van der Waals surface area (Å²) in [5.41, 5.74) is 2.23. The lowest BCUT2D eigenvalue weighted by Crippen LogP contribution is -2.41. The first kappa shape index (κ1) is 17.3. The molecule has 0 spiro atoms. The van der Waals surface area contributed by atoms with Crippen molar-refractivity contribution in [1.29, 1.82) is 0 Å². The van der Waals surface area contributed by atoms with Crippen LogP contribution in [-0.4, -0.2) is 47.4 Å². The van der Waals surface area contributed by atoms with Gasteiger partial charge in [0.25, 0.3) is 0 Å². The predicted molar refractivity (Wildman–Crippen MR) is 96.7 cm³/mol. The van der Waals surface area contributed by atoms with Crippen LogP contribution in [0.1, 0.15) is 30.4 Å². The molecule has 1 unspecified atom stereocenters. The zero-order valence-electron chi connectivity index (χ0n) is 13.9. The van der Waals surface area contributed by atoms with Gasteiger partial charge in [-0.25, -0.2) is 0 Å². The van der Waals surface area contributed by atoms with Crippen molar-refractivity contribution in [1.82, 2.24) is 15.5 Å². The monoisotopic (exact) mass is 347 g/mol. The first-order valence-electron chi connectivity index (χ1n) is 8.64. The lowest BCUT2D eigenvalue weighted by molar-refractivity contribution is -0.128. The van der Waals surface area contributed by atoms with E-state index in [4.69, 9.17) is 0 Å². The second-order valence-electron chi connectivity index (χ2n) is 6.44. The number of rotatable bonds is 6. The van der Waals surface area contributed by atoms with E-state index >= 15 is 0 Å². The number of thioether (sulfide) groups is 1. The SMILES string of the molecule is O=C(CC1CSCCN1)NCc1ccc(CN2CCCC2=O)cc1. The molecule has 1 aromatic rings. The molecule has 1 aromatic carbocycles. The van der Waals surface area contributed by atoms with E-state index in [0.29, 0.717) is 32.0 Å². The average molecular weight is 347 g/mol. The van der Waals surface area contributed by atoms with E-state index in [2.05, 4.69) is 10.6 Å². The van der Waals surface area contributed by atoms with E-state index in [1.54, 1.807) is 0 Å². The van der Waals surface area contributed by atoms with Crippen molar-refractivity contribution in [2.75, 3.05) is 24.6 Å². The lowest BCUT2D eigenvalue weighted by atomic mass is 10.1.